The van der Waals surface area contributed by atoms with Crippen LogP contribution in [0.3, 0.4) is 0 Å². The zero-order chi connectivity index (χ0) is 28.0. The van der Waals surface area contributed by atoms with Gasteiger partial charge in [-0.15, -0.1) is 11.8 Å². The molecule has 2 unspecified atom stereocenters. The van der Waals surface area contributed by atoms with Crippen molar-refractivity contribution in [1.29, 1.82) is 0 Å². The summed E-state index contributed by atoms with van der Waals surface area (Å²) in [7, 11) is -2.15. The number of unbranched alkanes of at least 4 members (excludes halogenated alkanes) is 2. The van der Waals surface area contributed by atoms with Gasteiger partial charge in [-0.1, -0.05) is 82.0 Å². The molecular formula is C33H42O4S2. The molecule has 0 saturated carbocycles. The molecular weight excluding hydrogens is 524 g/mol. The van der Waals surface area contributed by atoms with Gasteiger partial charge in [0.2, 0.25) is 0 Å². The molecule has 0 amide bonds. The van der Waals surface area contributed by atoms with Crippen molar-refractivity contribution in [2.75, 3.05) is 13.4 Å². The number of thioether (sulfide) groups is 1. The third kappa shape index (κ3) is 6.17. The quantitative estimate of drug-likeness (QED) is 0.236. The van der Waals surface area contributed by atoms with Crippen LogP contribution in [0.25, 0.3) is 0 Å². The molecule has 1 aliphatic rings. The predicted molar refractivity (Wildman–Crippen MR) is 162 cm³/mol. The van der Waals surface area contributed by atoms with Gasteiger partial charge in [-0.25, -0.2) is 8.42 Å². The summed E-state index contributed by atoms with van der Waals surface area (Å²) < 4.78 is 35.1. The van der Waals surface area contributed by atoms with Crippen LogP contribution in [0.4, 0.5) is 0 Å². The van der Waals surface area contributed by atoms with Gasteiger partial charge in [-0.05, 0) is 78.3 Å². The van der Waals surface area contributed by atoms with Gasteiger partial charge < -0.3 is 9.84 Å². The van der Waals surface area contributed by atoms with Crippen LogP contribution >= 0.6 is 11.8 Å². The number of aromatic hydroxyl groups is 1. The van der Waals surface area contributed by atoms with E-state index in [2.05, 4.69) is 26.0 Å². The number of sulfone groups is 1. The van der Waals surface area contributed by atoms with Crippen LogP contribution in [0.15, 0.2) is 76.5 Å². The van der Waals surface area contributed by atoms with Crippen LogP contribution in [0.5, 0.6) is 11.5 Å². The highest BCUT2D eigenvalue weighted by Gasteiger charge is 2.51. The molecule has 0 spiro atoms. The molecule has 3 aromatic rings. The standard InChI is InChI=1S/C33H42O4S2/c1-5-7-18-33(19-8-6-2)23-28(25-12-10-9-11-13-25)27-21-30(38-4)29(34)22-31(27)39(35,36)32(33)20-24-14-16-26(37-3)17-15-24/h9-17,21-22,28,32,34H,5-8,18-20,23H2,1-4H3. The first-order valence-corrected chi connectivity index (χ1v) is 16.9. The number of hydrogen-bond donors (Lipinski definition) is 1. The zero-order valence-corrected chi connectivity index (χ0v) is 25.3. The molecule has 2 atom stereocenters. The summed E-state index contributed by atoms with van der Waals surface area (Å²) in [6.07, 6.45) is 8.85. The minimum absolute atomic E-state index is 0.0365. The van der Waals surface area contributed by atoms with Crippen molar-refractivity contribution in [3.8, 4) is 11.5 Å². The summed E-state index contributed by atoms with van der Waals surface area (Å²) in [5, 5.41) is 10.3. The molecule has 1 N–H and O–H groups in total. The van der Waals surface area contributed by atoms with Gasteiger partial charge in [0.1, 0.15) is 11.5 Å². The van der Waals surface area contributed by atoms with E-state index in [-0.39, 0.29) is 11.7 Å². The van der Waals surface area contributed by atoms with E-state index in [4.69, 9.17) is 4.74 Å². The van der Waals surface area contributed by atoms with Crippen LogP contribution in [-0.4, -0.2) is 32.1 Å². The summed E-state index contributed by atoms with van der Waals surface area (Å²) in [4.78, 5) is 1.01. The molecule has 0 aromatic heterocycles. The van der Waals surface area contributed by atoms with Gasteiger partial charge in [0.25, 0.3) is 0 Å². The fourth-order valence-corrected chi connectivity index (χ4v) is 9.40. The number of benzene rings is 3. The number of methoxy groups -OCH3 is 1. The van der Waals surface area contributed by atoms with E-state index in [9.17, 15) is 13.5 Å². The van der Waals surface area contributed by atoms with Crippen molar-refractivity contribution in [2.45, 2.75) is 86.2 Å². The largest absolute Gasteiger partial charge is 0.507 e. The fraction of sp³-hybridized carbons (Fsp3) is 0.455. The summed E-state index contributed by atoms with van der Waals surface area (Å²) in [6, 6.07) is 21.6. The van der Waals surface area contributed by atoms with E-state index < -0.39 is 20.5 Å². The molecule has 210 valence electrons. The maximum Gasteiger partial charge on any atom is 0.182 e. The molecule has 1 aliphatic heterocycles. The van der Waals surface area contributed by atoms with E-state index in [1.54, 1.807) is 7.11 Å². The van der Waals surface area contributed by atoms with Gasteiger partial charge in [-0.3, -0.25) is 0 Å². The van der Waals surface area contributed by atoms with Crippen LogP contribution in [-0.2, 0) is 16.3 Å². The van der Waals surface area contributed by atoms with Gasteiger partial charge in [0.05, 0.1) is 17.3 Å². The highest BCUT2D eigenvalue weighted by atomic mass is 32.2. The normalized spacial score (nSPS) is 19.7. The van der Waals surface area contributed by atoms with E-state index in [1.165, 1.54) is 17.8 Å². The first-order valence-electron chi connectivity index (χ1n) is 14.1. The molecule has 0 radical (unpaired) electrons. The Hall–Kier alpha value is -2.44. The molecule has 6 heteroatoms. The highest BCUT2D eigenvalue weighted by Crippen LogP contribution is 2.54. The van der Waals surface area contributed by atoms with E-state index >= 15 is 0 Å². The Morgan fingerprint density at radius 1 is 0.974 bits per heavy atom. The number of hydrogen-bond acceptors (Lipinski definition) is 5. The number of phenols is 1. The molecule has 0 aliphatic carbocycles. The van der Waals surface area contributed by atoms with Crippen LogP contribution < -0.4 is 4.74 Å². The molecule has 3 aromatic carbocycles. The van der Waals surface area contributed by atoms with Gasteiger partial charge in [0, 0.05) is 10.8 Å². The lowest BCUT2D eigenvalue weighted by atomic mass is 9.66. The lowest BCUT2D eigenvalue weighted by molar-refractivity contribution is 0.185. The zero-order valence-electron chi connectivity index (χ0n) is 23.7. The van der Waals surface area contributed by atoms with E-state index in [0.29, 0.717) is 16.2 Å². The fourth-order valence-electron chi connectivity index (χ4n) is 6.37. The molecule has 1 heterocycles. The summed E-state index contributed by atoms with van der Waals surface area (Å²) in [5.74, 6) is 0.723. The molecule has 4 nitrogen and oxygen atoms in total. The number of ether oxygens (including phenoxy) is 1. The van der Waals surface area contributed by atoms with Crippen molar-refractivity contribution < 1.29 is 18.3 Å². The van der Waals surface area contributed by atoms with Crippen molar-refractivity contribution in [3.05, 3.63) is 83.4 Å². The smallest absolute Gasteiger partial charge is 0.182 e. The third-order valence-electron chi connectivity index (χ3n) is 8.50. The van der Waals surface area contributed by atoms with Gasteiger partial charge in [-0.2, -0.15) is 0 Å². The maximum absolute atomic E-state index is 14.9. The van der Waals surface area contributed by atoms with Crippen molar-refractivity contribution in [1.82, 2.24) is 0 Å². The molecule has 4 rings (SSSR count). The monoisotopic (exact) mass is 566 g/mol. The number of phenolic OH excluding ortho intramolecular Hbond substituents is 1. The molecule has 39 heavy (non-hydrogen) atoms. The molecule has 0 fully saturated rings. The minimum Gasteiger partial charge on any atom is -0.507 e. The molecule has 0 bridgehead atoms. The highest BCUT2D eigenvalue weighted by molar-refractivity contribution is 7.98. The lowest BCUT2D eigenvalue weighted by Crippen LogP contribution is -2.42. The van der Waals surface area contributed by atoms with Crippen molar-refractivity contribution in [3.63, 3.8) is 0 Å². The van der Waals surface area contributed by atoms with Crippen molar-refractivity contribution >= 4 is 21.6 Å². The Bertz CT molecular complexity index is 1330. The number of rotatable bonds is 11. The average Bonchev–Trinajstić information content (AvgIpc) is 3.03. The first-order chi connectivity index (χ1) is 18.8. The van der Waals surface area contributed by atoms with Crippen LogP contribution in [0, 0.1) is 5.41 Å². The SMILES string of the molecule is CCCCC1(CCCC)CC(c2ccccc2)c2cc(SC)c(O)cc2S(=O)(=O)C1Cc1ccc(OC)cc1. The second kappa shape index (κ2) is 12.8. The Morgan fingerprint density at radius 2 is 1.62 bits per heavy atom. The second-order valence-electron chi connectivity index (χ2n) is 10.9. The average molecular weight is 567 g/mol. The Morgan fingerprint density at radius 3 is 2.18 bits per heavy atom. The summed E-state index contributed by atoms with van der Waals surface area (Å²) >= 11 is 1.45. The summed E-state index contributed by atoms with van der Waals surface area (Å²) in [5.41, 5.74) is 2.54. The molecule has 0 saturated heterocycles. The second-order valence-corrected chi connectivity index (χ2v) is 13.8. The van der Waals surface area contributed by atoms with Gasteiger partial charge in [0.15, 0.2) is 9.84 Å². The number of fused-ring (bicyclic) bond motifs is 1. The Balaban J connectivity index is 1.99. The minimum atomic E-state index is -3.79. The topological polar surface area (TPSA) is 63.6 Å². The maximum atomic E-state index is 14.9. The lowest BCUT2D eigenvalue weighted by Gasteiger charge is -2.41. The Labute approximate surface area is 239 Å². The summed E-state index contributed by atoms with van der Waals surface area (Å²) in [6.45, 7) is 4.37. The van der Waals surface area contributed by atoms with Crippen molar-refractivity contribution in [2.24, 2.45) is 5.41 Å². The Kier molecular flexibility index (Phi) is 9.71. The van der Waals surface area contributed by atoms with Crippen LogP contribution in [0.2, 0.25) is 0 Å². The van der Waals surface area contributed by atoms with E-state index in [0.717, 1.165) is 67.4 Å². The predicted octanol–water partition coefficient (Wildman–Crippen LogP) is 8.41. The van der Waals surface area contributed by atoms with E-state index in [1.807, 2.05) is 54.8 Å². The third-order valence-corrected chi connectivity index (χ3v) is 11.6. The van der Waals surface area contributed by atoms with Gasteiger partial charge >= 0.3 is 0 Å². The first kappa shape index (κ1) is 29.5. The van der Waals surface area contributed by atoms with Crippen LogP contribution in [0.1, 0.15) is 81.4 Å².